The number of hydrogen-bond donors (Lipinski definition) is 1. The van der Waals surface area contributed by atoms with Crippen LogP contribution in [-0.4, -0.2) is 45.8 Å². The molecule has 1 atom stereocenters. The Kier molecular flexibility index (Phi) is 7.11. The molecule has 7 nitrogen and oxygen atoms in total. The lowest BCUT2D eigenvalue weighted by atomic mass is 10.1. The monoisotopic (exact) mass is 462 g/mol. The fraction of sp³-hybridized carbons (Fsp3) is 0.333. The molecule has 8 heteroatoms. The van der Waals surface area contributed by atoms with Gasteiger partial charge in [0.25, 0.3) is 0 Å². The summed E-state index contributed by atoms with van der Waals surface area (Å²) in [6.45, 7) is 1.14. The van der Waals surface area contributed by atoms with Gasteiger partial charge in [0.2, 0.25) is 11.8 Å². The first-order valence-electron chi connectivity index (χ1n) is 9.19. The minimum atomic E-state index is -0.436. The summed E-state index contributed by atoms with van der Waals surface area (Å²) in [6.07, 6.45) is 0.167. The van der Waals surface area contributed by atoms with Crippen LogP contribution in [0.2, 0.25) is 0 Å². The van der Waals surface area contributed by atoms with Crippen LogP contribution < -0.4 is 19.7 Å². The van der Waals surface area contributed by atoms with Crippen molar-refractivity contribution in [3.05, 3.63) is 46.9 Å². The highest BCUT2D eigenvalue weighted by Crippen LogP contribution is 2.33. The van der Waals surface area contributed by atoms with Crippen molar-refractivity contribution in [3.8, 4) is 11.5 Å². The molecule has 1 heterocycles. The van der Waals surface area contributed by atoms with E-state index in [-0.39, 0.29) is 18.2 Å². The van der Waals surface area contributed by atoms with Crippen molar-refractivity contribution < 1.29 is 23.8 Å². The number of ether oxygens (including phenoxy) is 3. The summed E-state index contributed by atoms with van der Waals surface area (Å²) in [5.74, 6) is 0.362. The number of methoxy groups -OCH3 is 2. The van der Waals surface area contributed by atoms with Crippen LogP contribution in [0.4, 0.5) is 11.4 Å². The molecule has 0 bridgehead atoms. The third-order valence-corrected chi connectivity index (χ3v) is 5.29. The summed E-state index contributed by atoms with van der Waals surface area (Å²) in [5.41, 5.74) is 1.35. The second-order valence-corrected chi connectivity index (χ2v) is 7.41. The maximum atomic E-state index is 12.8. The molecule has 1 aliphatic rings. The number of rotatable bonds is 8. The molecular weight excluding hydrogens is 440 g/mol. The number of hydrogen-bond acceptors (Lipinski definition) is 5. The smallest absolute Gasteiger partial charge is 0.229 e. The van der Waals surface area contributed by atoms with Crippen molar-refractivity contribution in [2.75, 3.05) is 44.2 Å². The maximum absolute atomic E-state index is 12.8. The number of nitrogens with zero attached hydrogens (tertiary/aromatic N) is 1. The first kappa shape index (κ1) is 21.1. The third kappa shape index (κ3) is 5.07. The molecule has 0 saturated carbocycles. The molecule has 0 spiro atoms. The zero-order valence-corrected chi connectivity index (χ0v) is 17.9. The van der Waals surface area contributed by atoms with Crippen LogP contribution in [0.15, 0.2) is 46.9 Å². The molecular formula is C21H23BrN2O5. The highest BCUT2D eigenvalue weighted by Gasteiger charge is 2.35. The second-order valence-electron chi connectivity index (χ2n) is 6.55. The molecule has 3 rings (SSSR count). The number of benzene rings is 2. The second kappa shape index (κ2) is 9.76. The Bertz CT molecular complexity index is 889. The largest absolute Gasteiger partial charge is 0.493 e. The van der Waals surface area contributed by atoms with E-state index in [2.05, 4.69) is 21.2 Å². The van der Waals surface area contributed by atoms with Gasteiger partial charge < -0.3 is 24.4 Å². The van der Waals surface area contributed by atoms with Gasteiger partial charge in [0, 0.05) is 36.3 Å². The van der Waals surface area contributed by atoms with Crippen LogP contribution in [0.25, 0.3) is 0 Å². The molecule has 0 radical (unpaired) electrons. The van der Waals surface area contributed by atoms with Crippen molar-refractivity contribution in [2.45, 2.75) is 6.42 Å². The Morgan fingerprint density at radius 3 is 2.69 bits per heavy atom. The van der Waals surface area contributed by atoms with E-state index in [1.54, 1.807) is 37.3 Å². The lowest BCUT2D eigenvalue weighted by Gasteiger charge is -2.18. The molecule has 1 fully saturated rings. The molecule has 1 unspecified atom stereocenters. The van der Waals surface area contributed by atoms with Crippen LogP contribution >= 0.6 is 15.9 Å². The van der Waals surface area contributed by atoms with Gasteiger partial charge in [-0.05, 0) is 40.2 Å². The molecule has 2 amide bonds. The SMILES string of the molecule is COCCOc1cc(NC(=O)C2CC(=O)N(c3ccccc3Br)C2)ccc1OC. The zero-order chi connectivity index (χ0) is 20.8. The first-order valence-corrected chi connectivity index (χ1v) is 9.98. The normalized spacial score (nSPS) is 16.0. The van der Waals surface area contributed by atoms with E-state index >= 15 is 0 Å². The van der Waals surface area contributed by atoms with Gasteiger partial charge in [-0.2, -0.15) is 0 Å². The number of nitrogens with one attached hydrogen (secondary N) is 1. The standard InChI is InChI=1S/C21H23BrN2O5/c1-27-9-10-29-19-12-15(7-8-18(19)28-2)23-21(26)14-11-20(25)24(13-14)17-6-4-3-5-16(17)22/h3-8,12,14H,9-11,13H2,1-2H3,(H,23,26). The van der Waals surface area contributed by atoms with Crippen LogP contribution in [0, 0.1) is 5.92 Å². The van der Waals surface area contributed by atoms with E-state index in [0.717, 1.165) is 10.2 Å². The van der Waals surface area contributed by atoms with Gasteiger partial charge in [0.15, 0.2) is 11.5 Å². The Balaban J connectivity index is 1.68. The molecule has 0 aromatic heterocycles. The number of para-hydroxylation sites is 1. The van der Waals surface area contributed by atoms with Crippen LogP contribution in [0.1, 0.15) is 6.42 Å². The number of carbonyl (C=O) groups excluding carboxylic acids is 2. The van der Waals surface area contributed by atoms with Crippen molar-refractivity contribution in [2.24, 2.45) is 5.92 Å². The van der Waals surface area contributed by atoms with E-state index in [1.165, 1.54) is 0 Å². The molecule has 2 aromatic rings. The van der Waals surface area contributed by atoms with Crippen molar-refractivity contribution in [1.29, 1.82) is 0 Å². The highest BCUT2D eigenvalue weighted by molar-refractivity contribution is 9.10. The predicted octanol–water partition coefficient (Wildman–Crippen LogP) is 3.47. The van der Waals surface area contributed by atoms with E-state index in [0.29, 0.717) is 36.9 Å². The van der Waals surface area contributed by atoms with Gasteiger partial charge in [0.05, 0.1) is 25.3 Å². The number of anilines is 2. The first-order chi connectivity index (χ1) is 14.0. The topological polar surface area (TPSA) is 77.1 Å². The molecule has 29 heavy (non-hydrogen) atoms. The van der Waals surface area contributed by atoms with Crippen molar-refractivity contribution >= 4 is 39.1 Å². The van der Waals surface area contributed by atoms with E-state index in [4.69, 9.17) is 14.2 Å². The Morgan fingerprint density at radius 2 is 1.97 bits per heavy atom. The number of carbonyl (C=O) groups is 2. The van der Waals surface area contributed by atoms with Crippen LogP contribution in [0.5, 0.6) is 11.5 Å². The minimum absolute atomic E-state index is 0.0737. The summed E-state index contributed by atoms with van der Waals surface area (Å²) in [6, 6.07) is 12.6. The lowest BCUT2D eigenvalue weighted by Crippen LogP contribution is -2.28. The van der Waals surface area contributed by atoms with Gasteiger partial charge in [0.1, 0.15) is 6.61 Å². The van der Waals surface area contributed by atoms with E-state index in [1.807, 2.05) is 24.3 Å². The third-order valence-electron chi connectivity index (χ3n) is 4.62. The number of halogens is 1. The van der Waals surface area contributed by atoms with Crippen LogP contribution in [-0.2, 0) is 14.3 Å². The summed E-state index contributed by atoms with van der Waals surface area (Å²) in [4.78, 5) is 26.9. The van der Waals surface area contributed by atoms with Crippen molar-refractivity contribution in [1.82, 2.24) is 0 Å². The summed E-state index contributed by atoms with van der Waals surface area (Å²) in [7, 11) is 3.15. The lowest BCUT2D eigenvalue weighted by molar-refractivity contribution is -0.122. The molecule has 0 aliphatic carbocycles. The summed E-state index contributed by atoms with van der Waals surface area (Å²) >= 11 is 3.46. The Morgan fingerprint density at radius 1 is 1.17 bits per heavy atom. The van der Waals surface area contributed by atoms with Gasteiger partial charge >= 0.3 is 0 Å². The highest BCUT2D eigenvalue weighted by atomic mass is 79.9. The van der Waals surface area contributed by atoms with Gasteiger partial charge in [-0.1, -0.05) is 12.1 Å². The molecule has 1 saturated heterocycles. The average molecular weight is 463 g/mol. The minimum Gasteiger partial charge on any atom is -0.493 e. The van der Waals surface area contributed by atoms with E-state index < -0.39 is 5.92 Å². The number of amides is 2. The predicted molar refractivity (Wildman–Crippen MR) is 114 cm³/mol. The van der Waals surface area contributed by atoms with Gasteiger partial charge in [-0.15, -0.1) is 0 Å². The van der Waals surface area contributed by atoms with E-state index in [9.17, 15) is 9.59 Å². The molecule has 154 valence electrons. The zero-order valence-electron chi connectivity index (χ0n) is 16.3. The van der Waals surface area contributed by atoms with Gasteiger partial charge in [-0.3, -0.25) is 9.59 Å². The van der Waals surface area contributed by atoms with Crippen LogP contribution in [0.3, 0.4) is 0 Å². The molecule has 1 N–H and O–H groups in total. The fourth-order valence-electron chi connectivity index (χ4n) is 3.13. The average Bonchev–Trinajstić information content (AvgIpc) is 3.10. The maximum Gasteiger partial charge on any atom is 0.229 e. The fourth-order valence-corrected chi connectivity index (χ4v) is 3.63. The quantitative estimate of drug-likeness (QED) is 0.607. The summed E-state index contributed by atoms with van der Waals surface area (Å²) < 4.78 is 16.8. The molecule has 1 aliphatic heterocycles. The van der Waals surface area contributed by atoms with Gasteiger partial charge in [-0.25, -0.2) is 0 Å². The van der Waals surface area contributed by atoms with Crippen molar-refractivity contribution in [3.63, 3.8) is 0 Å². The Labute approximate surface area is 178 Å². The molecule has 2 aromatic carbocycles. The summed E-state index contributed by atoms with van der Waals surface area (Å²) in [5, 5.41) is 2.88. The Hall–Kier alpha value is -2.58.